The topological polar surface area (TPSA) is 47.6 Å². The van der Waals surface area contributed by atoms with E-state index in [1.165, 1.54) is 7.11 Å². The van der Waals surface area contributed by atoms with Crippen LogP contribution in [-0.4, -0.2) is 32.8 Å². The smallest absolute Gasteiger partial charge is 0.323 e. The fourth-order valence-electron chi connectivity index (χ4n) is 2.29. The van der Waals surface area contributed by atoms with Gasteiger partial charge in [-0.15, -0.1) is 0 Å². The first-order chi connectivity index (χ1) is 8.26. The van der Waals surface area contributed by atoms with Crippen LogP contribution < -0.4 is 10.1 Å². The molecule has 1 aliphatic heterocycles. The van der Waals surface area contributed by atoms with Crippen molar-refractivity contribution in [1.82, 2.24) is 5.32 Å². The maximum Gasteiger partial charge on any atom is 0.323 e. The van der Waals surface area contributed by atoms with Crippen LogP contribution in [0.25, 0.3) is 0 Å². The van der Waals surface area contributed by atoms with Crippen molar-refractivity contribution in [3.8, 4) is 5.75 Å². The van der Waals surface area contributed by atoms with E-state index >= 15 is 0 Å². The van der Waals surface area contributed by atoms with Gasteiger partial charge in [-0.1, -0.05) is 12.1 Å². The summed E-state index contributed by atoms with van der Waals surface area (Å²) in [5, 5.41) is 3.18. The van der Waals surface area contributed by atoms with Gasteiger partial charge in [-0.05, 0) is 30.7 Å². The highest BCUT2D eigenvalue weighted by Crippen LogP contribution is 2.29. The van der Waals surface area contributed by atoms with Crippen molar-refractivity contribution in [2.24, 2.45) is 0 Å². The van der Waals surface area contributed by atoms with Crippen molar-refractivity contribution in [2.45, 2.75) is 18.4 Å². The fourth-order valence-corrected chi connectivity index (χ4v) is 2.29. The molecule has 2 atom stereocenters. The Morgan fingerprint density at radius 3 is 2.59 bits per heavy atom. The van der Waals surface area contributed by atoms with Gasteiger partial charge in [0.2, 0.25) is 0 Å². The quantitative estimate of drug-likeness (QED) is 0.803. The maximum absolute atomic E-state index is 11.6. The molecule has 2 unspecified atom stereocenters. The van der Waals surface area contributed by atoms with Gasteiger partial charge in [0.1, 0.15) is 11.8 Å². The monoisotopic (exact) mass is 235 g/mol. The molecule has 0 aliphatic carbocycles. The Bertz CT molecular complexity index is 388. The number of ether oxygens (including phenoxy) is 2. The summed E-state index contributed by atoms with van der Waals surface area (Å²) >= 11 is 0. The second kappa shape index (κ2) is 5.19. The molecule has 17 heavy (non-hydrogen) atoms. The molecule has 4 heteroatoms. The van der Waals surface area contributed by atoms with Crippen LogP contribution in [0.2, 0.25) is 0 Å². The van der Waals surface area contributed by atoms with Crippen LogP contribution in [0.1, 0.15) is 17.9 Å². The average Bonchev–Trinajstić information content (AvgIpc) is 2.87. The molecule has 92 valence electrons. The molecular weight excluding hydrogens is 218 g/mol. The second-order valence-electron chi connectivity index (χ2n) is 4.12. The van der Waals surface area contributed by atoms with E-state index in [1.54, 1.807) is 7.11 Å². The summed E-state index contributed by atoms with van der Waals surface area (Å²) in [5.41, 5.74) is 1.14. The van der Waals surface area contributed by atoms with Gasteiger partial charge in [0.05, 0.1) is 14.2 Å². The molecule has 1 aromatic rings. The Morgan fingerprint density at radius 1 is 1.29 bits per heavy atom. The number of benzene rings is 1. The molecule has 0 bridgehead atoms. The third-order valence-corrected chi connectivity index (χ3v) is 3.22. The Kier molecular flexibility index (Phi) is 3.64. The van der Waals surface area contributed by atoms with Crippen molar-refractivity contribution in [1.29, 1.82) is 0 Å². The molecule has 0 amide bonds. The minimum atomic E-state index is -0.228. The van der Waals surface area contributed by atoms with Crippen LogP contribution in [0.15, 0.2) is 24.3 Å². The third-order valence-electron chi connectivity index (χ3n) is 3.22. The summed E-state index contributed by atoms with van der Waals surface area (Å²) in [5.74, 6) is 0.825. The van der Waals surface area contributed by atoms with Gasteiger partial charge in [-0.25, -0.2) is 0 Å². The lowest BCUT2D eigenvalue weighted by Gasteiger charge is -2.17. The summed E-state index contributed by atoms with van der Waals surface area (Å²) in [6, 6.07) is 7.62. The molecule has 1 N–H and O–H groups in total. The van der Waals surface area contributed by atoms with E-state index in [9.17, 15) is 4.79 Å². The molecule has 1 saturated heterocycles. The van der Waals surface area contributed by atoms with Crippen LogP contribution >= 0.6 is 0 Å². The lowest BCUT2D eigenvalue weighted by atomic mass is 9.92. The standard InChI is InChI=1S/C13H17NO3/c1-16-10-5-3-9(4-6-10)11-7-8-14-12(11)13(15)17-2/h3-6,11-12,14H,7-8H2,1-2H3. The predicted molar refractivity (Wildman–Crippen MR) is 64.2 cm³/mol. The zero-order valence-electron chi connectivity index (χ0n) is 10.1. The van der Waals surface area contributed by atoms with Crippen molar-refractivity contribution in [2.75, 3.05) is 20.8 Å². The summed E-state index contributed by atoms with van der Waals surface area (Å²) in [6.07, 6.45) is 0.950. The first kappa shape index (κ1) is 11.9. The van der Waals surface area contributed by atoms with Crippen LogP contribution in [0.4, 0.5) is 0 Å². The highest BCUT2D eigenvalue weighted by atomic mass is 16.5. The number of esters is 1. The minimum absolute atomic E-state index is 0.188. The Labute approximate surface area is 101 Å². The summed E-state index contributed by atoms with van der Waals surface area (Å²) in [4.78, 5) is 11.6. The normalized spacial score (nSPS) is 23.4. The predicted octanol–water partition coefficient (Wildman–Crippen LogP) is 1.31. The summed E-state index contributed by atoms with van der Waals surface area (Å²) in [6.45, 7) is 0.844. The van der Waals surface area contributed by atoms with Crippen molar-refractivity contribution in [3.63, 3.8) is 0 Å². The molecule has 1 heterocycles. The zero-order valence-corrected chi connectivity index (χ0v) is 10.1. The number of hydrogen-bond donors (Lipinski definition) is 1. The van der Waals surface area contributed by atoms with Crippen LogP contribution in [0, 0.1) is 0 Å². The summed E-state index contributed by atoms with van der Waals surface area (Å²) < 4.78 is 9.92. The molecule has 0 radical (unpaired) electrons. The number of methoxy groups -OCH3 is 2. The molecule has 1 aromatic carbocycles. The molecule has 2 rings (SSSR count). The summed E-state index contributed by atoms with van der Waals surface area (Å²) in [7, 11) is 3.07. The molecule has 1 fully saturated rings. The van der Waals surface area contributed by atoms with Gasteiger partial charge in [0.15, 0.2) is 0 Å². The molecule has 0 aromatic heterocycles. The van der Waals surface area contributed by atoms with Gasteiger partial charge < -0.3 is 14.8 Å². The minimum Gasteiger partial charge on any atom is -0.497 e. The van der Waals surface area contributed by atoms with Crippen molar-refractivity contribution >= 4 is 5.97 Å². The van der Waals surface area contributed by atoms with E-state index in [0.717, 1.165) is 24.3 Å². The maximum atomic E-state index is 11.6. The average molecular weight is 235 g/mol. The van der Waals surface area contributed by atoms with Gasteiger partial charge in [-0.3, -0.25) is 4.79 Å². The second-order valence-corrected chi connectivity index (χ2v) is 4.12. The van der Waals surface area contributed by atoms with Gasteiger partial charge in [-0.2, -0.15) is 0 Å². The largest absolute Gasteiger partial charge is 0.497 e. The Balaban J connectivity index is 2.17. The van der Waals surface area contributed by atoms with Gasteiger partial charge in [0.25, 0.3) is 0 Å². The number of rotatable bonds is 3. The molecule has 0 saturated carbocycles. The number of carbonyl (C=O) groups excluding carboxylic acids is 1. The van der Waals surface area contributed by atoms with E-state index in [2.05, 4.69) is 5.32 Å². The van der Waals surface area contributed by atoms with E-state index in [1.807, 2.05) is 24.3 Å². The first-order valence-corrected chi connectivity index (χ1v) is 5.71. The number of carbonyl (C=O) groups is 1. The molecule has 0 spiro atoms. The number of hydrogen-bond acceptors (Lipinski definition) is 4. The van der Waals surface area contributed by atoms with E-state index in [-0.39, 0.29) is 17.9 Å². The third kappa shape index (κ3) is 2.42. The first-order valence-electron chi connectivity index (χ1n) is 5.71. The van der Waals surface area contributed by atoms with Crippen LogP contribution in [0.3, 0.4) is 0 Å². The van der Waals surface area contributed by atoms with E-state index < -0.39 is 0 Å². The fraction of sp³-hybridized carbons (Fsp3) is 0.462. The zero-order chi connectivity index (χ0) is 12.3. The van der Waals surface area contributed by atoms with Gasteiger partial charge in [0, 0.05) is 5.92 Å². The lowest BCUT2D eigenvalue weighted by molar-refractivity contribution is -0.143. The molecule has 1 aliphatic rings. The van der Waals surface area contributed by atoms with Crippen LogP contribution in [-0.2, 0) is 9.53 Å². The van der Waals surface area contributed by atoms with E-state index in [0.29, 0.717) is 0 Å². The lowest BCUT2D eigenvalue weighted by Crippen LogP contribution is -2.35. The Morgan fingerprint density at radius 2 is 2.00 bits per heavy atom. The van der Waals surface area contributed by atoms with Crippen molar-refractivity contribution in [3.05, 3.63) is 29.8 Å². The van der Waals surface area contributed by atoms with Crippen LogP contribution in [0.5, 0.6) is 5.75 Å². The SMILES string of the molecule is COC(=O)C1NCCC1c1ccc(OC)cc1. The highest BCUT2D eigenvalue weighted by Gasteiger charge is 2.34. The molecular formula is C13H17NO3. The van der Waals surface area contributed by atoms with E-state index in [4.69, 9.17) is 9.47 Å². The Hall–Kier alpha value is -1.55. The van der Waals surface area contributed by atoms with Crippen molar-refractivity contribution < 1.29 is 14.3 Å². The van der Waals surface area contributed by atoms with Gasteiger partial charge >= 0.3 is 5.97 Å². The highest BCUT2D eigenvalue weighted by molar-refractivity contribution is 5.77. The number of nitrogens with one attached hydrogen (secondary N) is 1. The molecule has 4 nitrogen and oxygen atoms in total.